The summed E-state index contributed by atoms with van der Waals surface area (Å²) in [6, 6.07) is 17.5. The van der Waals surface area contributed by atoms with Crippen LogP contribution in [-0.2, 0) is 24.3 Å². The summed E-state index contributed by atoms with van der Waals surface area (Å²) in [5.41, 5.74) is 1.56. The molecule has 1 aliphatic heterocycles. The van der Waals surface area contributed by atoms with E-state index in [1.165, 1.54) is 28.6 Å². The van der Waals surface area contributed by atoms with Crippen LogP contribution in [0.5, 0.6) is 0 Å². The van der Waals surface area contributed by atoms with Crippen molar-refractivity contribution in [1.29, 1.82) is 0 Å². The molecular formula is C31H31Cl2FN2O6S. The Morgan fingerprint density at radius 1 is 1.05 bits per heavy atom. The summed E-state index contributed by atoms with van der Waals surface area (Å²) in [6.07, 6.45) is -1.40. The number of carbonyl (C=O) groups excluding carboxylic acids is 1. The number of sulfonamides is 1. The summed E-state index contributed by atoms with van der Waals surface area (Å²) >= 11 is 12.5. The lowest BCUT2D eigenvalue weighted by molar-refractivity contribution is -0.183. The van der Waals surface area contributed by atoms with Gasteiger partial charge in [0.2, 0.25) is 10.0 Å². The molecule has 43 heavy (non-hydrogen) atoms. The molecule has 2 fully saturated rings. The smallest absolute Gasteiger partial charge is 0.306 e. The normalized spacial score (nSPS) is 21.4. The second-order valence-corrected chi connectivity index (χ2v) is 13.8. The van der Waals surface area contributed by atoms with E-state index >= 15 is 0 Å². The van der Waals surface area contributed by atoms with Crippen LogP contribution in [-0.4, -0.2) is 54.2 Å². The van der Waals surface area contributed by atoms with E-state index in [1.807, 2.05) is 6.92 Å². The number of hydrogen-bond acceptors (Lipinski definition) is 5. The van der Waals surface area contributed by atoms with Crippen molar-refractivity contribution in [2.24, 2.45) is 0 Å². The van der Waals surface area contributed by atoms with E-state index in [2.05, 4.69) is 0 Å². The number of nitrogens with zero attached hydrogens (tertiary/aromatic N) is 2. The lowest BCUT2D eigenvalue weighted by atomic mass is 9.89. The predicted molar refractivity (Wildman–Crippen MR) is 162 cm³/mol. The standard InChI is InChI=1S/C31H31Cl2FN2O6S/c1-2-24(18-35(43(40,41)26-14-15-26)25-12-10-23(34)11-13-25)36-29(19-6-8-21(32)9-7-19)30(20-4-3-5-22(33)16-20)42-27(31(36)39)17-28(37)38/h3-13,16,24,26-27,29-30H,2,14-15,17-18H2,1H3,(H,37,38)/t24-,27-,29+,30+/m0/s1. The molecule has 8 nitrogen and oxygen atoms in total. The Morgan fingerprint density at radius 2 is 1.72 bits per heavy atom. The maximum absolute atomic E-state index is 14.2. The van der Waals surface area contributed by atoms with Crippen molar-refractivity contribution in [1.82, 2.24) is 4.90 Å². The van der Waals surface area contributed by atoms with Crippen LogP contribution >= 0.6 is 23.2 Å². The molecule has 1 saturated carbocycles. The molecule has 12 heteroatoms. The fraction of sp³-hybridized carbons (Fsp3) is 0.355. The van der Waals surface area contributed by atoms with E-state index in [0.717, 1.165) is 0 Å². The van der Waals surface area contributed by atoms with Crippen molar-refractivity contribution < 1.29 is 32.2 Å². The van der Waals surface area contributed by atoms with Gasteiger partial charge in [-0.15, -0.1) is 0 Å². The summed E-state index contributed by atoms with van der Waals surface area (Å²) in [5, 5.41) is 10.0. The molecule has 2 aliphatic rings. The minimum Gasteiger partial charge on any atom is -0.481 e. The van der Waals surface area contributed by atoms with Gasteiger partial charge in [0.1, 0.15) is 18.0 Å². The number of halogens is 3. The molecule has 1 saturated heterocycles. The molecule has 3 aromatic rings. The van der Waals surface area contributed by atoms with Crippen LogP contribution in [0.25, 0.3) is 0 Å². The van der Waals surface area contributed by atoms with Gasteiger partial charge in [-0.25, -0.2) is 12.8 Å². The van der Waals surface area contributed by atoms with E-state index < -0.39 is 63.7 Å². The number of morpholine rings is 1. The first-order chi connectivity index (χ1) is 20.5. The Hall–Kier alpha value is -3.18. The number of aliphatic carboxylic acids is 1. The van der Waals surface area contributed by atoms with Crippen LogP contribution in [0.3, 0.4) is 0 Å². The highest BCUT2D eigenvalue weighted by atomic mass is 35.5. The van der Waals surface area contributed by atoms with Gasteiger partial charge in [-0.05, 0) is 78.9 Å². The van der Waals surface area contributed by atoms with Gasteiger partial charge in [0.15, 0.2) is 0 Å². The van der Waals surface area contributed by atoms with E-state index in [4.69, 9.17) is 27.9 Å². The average Bonchev–Trinajstić information content (AvgIpc) is 3.82. The number of ether oxygens (including phenoxy) is 1. The van der Waals surface area contributed by atoms with Crippen LogP contribution in [0, 0.1) is 5.82 Å². The largest absolute Gasteiger partial charge is 0.481 e. The molecule has 0 radical (unpaired) electrons. The highest BCUT2D eigenvalue weighted by Gasteiger charge is 2.49. The van der Waals surface area contributed by atoms with Gasteiger partial charge in [-0.3, -0.25) is 13.9 Å². The van der Waals surface area contributed by atoms with Gasteiger partial charge in [0, 0.05) is 10.0 Å². The van der Waals surface area contributed by atoms with Crippen LogP contribution in [0.15, 0.2) is 72.8 Å². The Morgan fingerprint density at radius 3 is 2.30 bits per heavy atom. The fourth-order valence-electron chi connectivity index (χ4n) is 5.51. The zero-order chi connectivity index (χ0) is 30.9. The Kier molecular flexibility index (Phi) is 9.31. The first kappa shape index (κ1) is 31.3. The highest BCUT2D eigenvalue weighted by molar-refractivity contribution is 7.93. The summed E-state index contributed by atoms with van der Waals surface area (Å²) in [7, 11) is -3.83. The van der Waals surface area contributed by atoms with Crippen LogP contribution in [0.1, 0.15) is 55.9 Å². The molecule has 4 atom stereocenters. The predicted octanol–water partition coefficient (Wildman–Crippen LogP) is 6.39. The molecule has 3 aromatic carbocycles. The molecule has 228 valence electrons. The topological polar surface area (TPSA) is 104 Å². The third kappa shape index (κ3) is 6.82. The van der Waals surface area contributed by atoms with E-state index in [9.17, 15) is 27.5 Å². The van der Waals surface area contributed by atoms with Crippen molar-refractivity contribution in [3.8, 4) is 0 Å². The van der Waals surface area contributed by atoms with Crippen molar-refractivity contribution in [2.45, 2.75) is 62.1 Å². The Bertz CT molecular complexity index is 1580. The van der Waals surface area contributed by atoms with Crippen LogP contribution in [0.2, 0.25) is 10.0 Å². The van der Waals surface area contributed by atoms with Gasteiger partial charge in [-0.1, -0.05) is 54.4 Å². The number of benzene rings is 3. The zero-order valence-electron chi connectivity index (χ0n) is 23.3. The fourth-order valence-corrected chi connectivity index (χ4v) is 7.73. The lowest BCUT2D eigenvalue weighted by Gasteiger charge is -2.48. The number of anilines is 1. The Labute approximate surface area is 260 Å². The van der Waals surface area contributed by atoms with Gasteiger partial charge in [0.25, 0.3) is 5.91 Å². The molecule has 0 aromatic heterocycles. The van der Waals surface area contributed by atoms with Gasteiger partial charge < -0.3 is 14.7 Å². The highest BCUT2D eigenvalue weighted by Crippen LogP contribution is 2.45. The molecule has 1 N–H and O–H groups in total. The quantitative estimate of drug-likeness (QED) is 0.258. The van der Waals surface area contributed by atoms with Gasteiger partial charge >= 0.3 is 5.97 Å². The second kappa shape index (κ2) is 12.8. The maximum Gasteiger partial charge on any atom is 0.306 e. The second-order valence-electron chi connectivity index (χ2n) is 10.8. The zero-order valence-corrected chi connectivity index (χ0v) is 25.6. The first-order valence-electron chi connectivity index (χ1n) is 14.0. The van der Waals surface area contributed by atoms with Crippen molar-refractivity contribution in [2.75, 3.05) is 10.8 Å². The van der Waals surface area contributed by atoms with Crippen molar-refractivity contribution in [3.05, 3.63) is 99.8 Å². The van der Waals surface area contributed by atoms with Gasteiger partial charge in [0.05, 0.1) is 36.0 Å². The molecule has 5 rings (SSSR count). The number of rotatable bonds is 11. The third-order valence-corrected chi connectivity index (χ3v) is 10.6. The minimum absolute atomic E-state index is 0.126. The van der Waals surface area contributed by atoms with Crippen LogP contribution < -0.4 is 4.31 Å². The van der Waals surface area contributed by atoms with Crippen molar-refractivity contribution >= 4 is 50.8 Å². The first-order valence-corrected chi connectivity index (χ1v) is 16.2. The molecule has 1 amide bonds. The van der Waals surface area contributed by atoms with Crippen LogP contribution in [0.4, 0.5) is 10.1 Å². The molecule has 1 aliphatic carbocycles. The maximum atomic E-state index is 14.2. The SMILES string of the molecule is CC[C@@H](CN(c1ccc(F)cc1)S(=O)(=O)C1CC1)N1C(=O)[C@H](CC(=O)O)O[C@H](c2cccc(Cl)c2)[C@H]1c1ccc(Cl)cc1. The summed E-state index contributed by atoms with van der Waals surface area (Å²) in [5.74, 6) is -2.30. The molecule has 0 unspecified atom stereocenters. The summed E-state index contributed by atoms with van der Waals surface area (Å²) < 4.78 is 48.8. The van der Waals surface area contributed by atoms with Crippen molar-refractivity contribution in [3.63, 3.8) is 0 Å². The van der Waals surface area contributed by atoms with E-state index in [1.54, 1.807) is 53.4 Å². The van der Waals surface area contributed by atoms with Gasteiger partial charge in [-0.2, -0.15) is 0 Å². The molecule has 0 bridgehead atoms. The third-order valence-electron chi connectivity index (χ3n) is 7.78. The monoisotopic (exact) mass is 648 g/mol. The van der Waals surface area contributed by atoms with E-state index in [0.29, 0.717) is 40.4 Å². The number of carboxylic acid groups (broad SMARTS) is 1. The summed E-state index contributed by atoms with van der Waals surface area (Å²) in [4.78, 5) is 27.6. The number of hydrogen-bond donors (Lipinski definition) is 1. The van der Waals surface area contributed by atoms with E-state index in [-0.39, 0.29) is 12.2 Å². The lowest BCUT2D eigenvalue weighted by Crippen LogP contribution is -2.58. The number of amides is 1. The average molecular weight is 650 g/mol. The summed E-state index contributed by atoms with van der Waals surface area (Å²) in [6.45, 7) is 1.71. The molecular weight excluding hydrogens is 618 g/mol. The number of carboxylic acids is 1. The number of carbonyl (C=O) groups is 2. The minimum atomic E-state index is -3.83. The molecule has 1 heterocycles. The molecule has 0 spiro atoms. The Balaban J connectivity index is 1.64.